The lowest BCUT2D eigenvalue weighted by Crippen LogP contribution is -2.42. The first-order valence-electron chi connectivity index (χ1n) is 6.44. The van der Waals surface area contributed by atoms with Gasteiger partial charge in [-0.3, -0.25) is 4.79 Å². The minimum absolute atomic E-state index is 0.239. The van der Waals surface area contributed by atoms with Crippen molar-refractivity contribution in [2.75, 3.05) is 25.0 Å². The van der Waals surface area contributed by atoms with Crippen LogP contribution in [0.25, 0.3) is 0 Å². The van der Waals surface area contributed by atoms with Crippen molar-refractivity contribution in [1.29, 1.82) is 0 Å². The molecule has 0 radical (unpaired) electrons. The number of hydrogen-bond donors (Lipinski definition) is 3. The molecule has 1 unspecified atom stereocenters. The van der Waals surface area contributed by atoms with Crippen molar-refractivity contribution in [2.24, 2.45) is 11.1 Å². The molecule has 0 spiro atoms. The van der Waals surface area contributed by atoms with E-state index in [-0.39, 0.29) is 11.3 Å². The molecule has 2 rings (SSSR count). The first-order chi connectivity index (χ1) is 8.61. The SMILES string of the molecule is CC1(CNc2ccccc2C(N)=O)CCCNC1. The quantitative estimate of drug-likeness (QED) is 0.757. The number of primary amides is 1. The molecule has 1 amide bonds. The smallest absolute Gasteiger partial charge is 0.250 e. The first-order valence-corrected chi connectivity index (χ1v) is 6.44. The zero-order chi connectivity index (χ0) is 13.0. The molecule has 1 aromatic carbocycles. The van der Waals surface area contributed by atoms with Crippen molar-refractivity contribution in [3.05, 3.63) is 29.8 Å². The topological polar surface area (TPSA) is 67.1 Å². The van der Waals surface area contributed by atoms with Crippen LogP contribution >= 0.6 is 0 Å². The average Bonchev–Trinajstić information content (AvgIpc) is 2.38. The van der Waals surface area contributed by atoms with Crippen LogP contribution in [0.4, 0.5) is 5.69 Å². The fourth-order valence-electron chi connectivity index (χ4n) is 2.43. The Balaban J connectivity index is 2.03. The summed E-state index contributed by atoms with van der Waals surface area (Å²) in [6, 6.07) is 7.40. The minimum Gasteiger partial charge on any atom is -0.384 e. The van der Waals surface area contributed by atoms with Crippen LogP contribution in [0.3, 0.4) is 0 Å². The number of benzene rings is 1. The fraction of sp³-hybridized carbons (Fsp3) is 0.500. The van der Waals surface area contributed by atoms with E-state index >= 15 is 0 Å². The number of anilines is 1. The number of nitrogens with one attached hydrogen (secondary N) is 2. The molecule has 4 nitrogen and oxygen atoms in total. The summed E-state index contributed by atoms with van der Waals surface area (Å²) in [7, 11) is 0. The molecule has 1 heterocycles. The number of rotatable bonds is 4. The first kappa shape index (κ1) is 12.9. The molecule has 1 fully saturated rings. The standard InChI is InChI=1S/C14H21N3O/c1-14(7-4-8-16-9-14)10-17-12-6-3-2-5-11(12)13(15)18/h2-3,5-6,16-17H,4,7-10H2,1H3,(H2,15,18). The zero-order valence-electron chi connectivity index (χ0n) is 10.8. The van der Waals surface area contributed by atoms with Crippen molar-refractivity contribution in [2.45, 2.75) is 19.8 Å². The van der Waals surface area contributed by atoms with Crippen molar-refractivity contribution in [1.82, 2.24) is 5.32 Å². The van der Waals surface area contributed by atoms with E-state index in [1.54, 1.807) is 6.07 Å². The lowest BCUT2D eigenvalue weighted by molar-refractivity contribution is 0.100. The third kappa shape index (κ3) is 3.01. The van der Waals surface area contributed by atoms with Crippen LogP contribution in [-0.4, -0.2) is 25.5 Å². The van der Waals surface area contributed by atoms with Gasteiger partial charge >= 0.3 is 0 Å². The van der Waals surface area contributed by atoms with Gasteiger partial charge in [-0.1, -0.05) is 19.1 Å². The van der Waals surface area contributed by atoms with Crippen LogP contribution in [0.5, 0.6) is 0 Å². The second kappa shape index (κ2) is 5.40. The van der Waals surface area contributed by atoms with Crippen LogP contribution in [0.2, 0.25) is 0 Å². The van der Waals surface area contributed by atoms with Gasteiger partial charge in [-0.05, 0) is 36.9 Å². The maximum Gasteiger partial charge on any atom is 0.250 e. The van der Waals surface area contributed by atoms with E-state index in [0.717, 1.165) is 25.3 Å². The van der Waals surface area contributed by atoms with E-state index in [2.05, 4.69) is 17.6 Å². The number of carbonyl (C=O) groups excluding carboxylic acids is 1. The Labute approximate surface area is 108 Å². The minimum atomic E-state index is -0.384. The molecular weight excluding hydrogens is 226 g/mol. The zero-order valence-corrected chi connectivity index (χ0v) is 10.8. The van der Waals surface area contributed by atoms with Gasteiger partial charge in [0.05, 0.1) is 5.56 Å². The lowest BCUT2D eigenvalue weighted by atomic mass is 9.82. The summed E-state index contributed by atoms with van der Waals surface area (Å²) in [6.07, 6.45) is 2.40. The molecule has 98 valence electrons. The monoisotopic (exact) mass is 247 g/mol. The second-order valence-corrected chi connectivity index (χ2v) is 5.35. The molecule has 0 saturated carbocycles. The Kier molecular flexibility index (Phi) is 3.87. The van der Waals surface area contributed by atoms with Crippen LogP contribution in [0.1, 0.15) is 30.1 Å². The Morgan fingerprint density at radius 1 is 1.50 bits per heavy atom. The van der Waals surface area contributed by atoms with Gasteiger partial charge in [0.2, 0.25) is 0 Å². The maximum atomic E-state index is 11.3. The molecule has 18 heavy (non-hydrogen) atoms. The molecule has 1 atom stereocenters. The summed E-state index contributed by atoms with van der Waals surface area (Å²) >= 11 is 0. The summed E-state index contributed by atoms with van der Waals surface area (Å²) in [5.41, 5.74) is 6.99. The van der Waals surface area contributed by atoms with Gasteiger partial charge in [-0.2, -0.15) is 0 Å². The molecular formula is C14H21N3O. The normalized spacial score (nSPS) is 23.6. The van der Waals surface area contributed by atoms with Crippen molar-refractivity contribution >= 4 is 11.6 Å². The number of nitrogens with two attached hydrogens (primary N) is 1. The van der Waals surface area contributed by atoms with Gasteiger partial charge < -0.3 is 16.4 Å². The van der Waals surface area contributed by atoms with Gasteiger partial charge in [0.15, 0.2) is 0 Å². The Morgan fingerprint density at radius 3 is 2.94 bits per heavy atom. The predicted molar refractivity (Wildman–Crippen MR) is 73.7 cm³/mol. The molecule has 1 aliphatic rings. The highest BCUT2D eigenvalue weighted by molar-refractivity contribution is 5.98. The van der Waals surface area contributed by atoms with Gasteiger partial charge in [0.25, 0.3) is 5.91 Å². The highest BCUT2D eigenvalue weighted by Crippen LogP contribution is 2.26. The van der Waals surface area contributed by atoms with Gasteiger partial charge in [-0.25, -0.2) is 0 Å². The Bertz CT molecular complexity index is 425. The highest BCUT2D eigenvalue weighted by atomic mass is 16.1. The van der Waals surface area contributed by atoms with Gasteiger partial charge in [0.1, 0.15) is 0 Å². The third-order valence-corrected chi connectivity index (χ3v) is 3.58. The fourth-order valence-corrected chi connectivity index (χ4v) is 2.43. The van der Waals surface area contributed by atoms with Crippen LogP contribution < -0.4 is 16.4 Å². The number of carbonyl (C=O) groups is 1. The molecule has 0 bridgehead atoms. The summed E-state index contributed by atoms with van der Waals surface area (Å²) < 4.78 is 0. The third-order valence-electron chi connectivity index (χ3n) is 3.58. The molecule has 0 aliphatic carbocycles. The van der Waals surface area contributed by atoms with Crippen molar-refractivity contribution in [3.8, 4) is 0 Å². The van der Waals surface area contributed by atoms with E-state index < -0.39 is 0 Å². The predicted octanol–water partition coefficient (Wildman–Crippen LogP) is 1.59. The van der Waals surface area contributed by atoms with Crippen LogP contribution in [0.15, 0.2) is 24.3 Å². The summed E-state index contributed by atoms with van der Waals surface area (Å²) in [4.78, 5) is 11.3. The number of hydrogen-bond acceptors (Lipinski definition) is 3. The summed E-state index contributed by atoms with van der Waals surface area (Å²) in [5.74, 6) is -0.384. The number of para-hydroxylation sites is 1. The molecule has 4 heteroatoms. The Hall–Kier alpha value is -1.55. The average molecular weight is 247 g/mol. The van der Waals surface area contributed by atoms with E-state index in [0.29, 0.717) is 5.56 Å². The summed E-state index contributed by atoms with van der Waals surface area (Å²) in [5, 5.41) is 6.78. The molecule has 0 aromatic heterocycles. The molecule has 1 aliphatic heterocycles. The van der Waals surface area contributed by atoms with E-state index in [9.17, 15) is 4.79 Å². The van der Waals surface area contributed by atoms with E-state index in [1.165, 1.54) is 12.8 Å². The Morgan fingerprint density at radius 2 is 2.28 bits per heavy atom. The maximum absolute atomic E-state index is 11.3. The highest BCUT2D eigenvalue weighted by Gasteiger charge is 2.26. The van der Waals surface area contributed by atoms with Crippen LogP contribution in [0, 0.1) is 5.41 Å². The van der Waals surface area contributed by atoms with Crippen molar-refractivity contribution < 1.29 is 4.79 Å². The van der Waals surface area contributed by atoms with Gasteiger partial charge in [-0.15, -0.1) is 0 Å². The molecule has 1 aromatic rings. The molecule has 1 saturated heterocycles. The van der Waals surface area contributed by atoms with Gasteiger partial charge in [0, 0.05) is 18.8 Å². The van der Waals surface area contributed by atoms with E-state index in [4.69, 9.17) is 5.73 Å². The summed E-state index contributed by atoms with van der Waals surface area (Å²) in [6.45, 7) is 5.23. The van der Waals surface area contributed by atoms with E-state index in [1.807, 2.05) is 18.2 Å². The number of amides is 1. The second-order valence-electron chi connectivity index (χ2n) is 5.35. The van der Waals surface area contributed by atoms with Crippen LogP contribution in [-0.2, 0) is 0 Å². The van der Waals surface area contributed by atoms with Crippen molar-refractivity contribution in [3.63, 3.8) is 0 Å². The lowest BCUT2D eigenvalue weighted by Gasteiger charge is -2.34. The largest absolute Gasteiger partial charge is 0.384 e. The number of piperidine rings is 1. The molecule has 4 N–H and O–H groups in total.